The number of nitrogens with one attached hydrogen (secondary N) is 1. The molecule has 4 aromatic rings. The number of halogens is 6. The number of alkyl halides is 6. The van der Waals surface area contributed by atoms with Gasteiger partial charge >= 0.3 is 12.4 Å². The van der Waals surface area contributed by atoms with Crippen molar-refractivity contribution in [3.8, 4) is 11.1 Å². The number of fused-ring (bicyclic) bond motifs is 1. The zero-order valence-corrected chi connectivity index (χ0v) is 19.7. The highest BCUT2D eigenvalue weighted by Crippen LogP contribution is 2.38. The smallest absolute Gasteiger partial charge is 0.372 e. The lowest BCUT2D eigenvalue weighted by Gasteiger charge is -2.23. The van der Waals surface area contributed by atoms with E-state index in [-0.39, 0.29) is 23.0 Å². The molecule has 0 aliphatic heterocycles. The molecule has 10 heteroatoms. The van der Waals surface area contributed by atoms with E-state index in [9.17, 15) is 31.1 Å². The number of benzene rings is 3. The number of anilines is 1. The van der Waals surface area contributed by atoms with Crippen molar-refractivity contribution in [3.63, 3.8) is 0 Å². The van der Waals surface area contributed by atoms with Gasteiger partial charge in [-0.25, -0.2) is 4.98 Å². The maximum atomic E-state index is 13.7. The summed E-state index contributed by atoms with van der Waals surface area (Å²) in [4.78, 5) is 19.3. The predicted molar refractivity (Wildman–Crippen MR) is 129 cm³/mol. The van der Waals surface area contributed by atoms with Crippen molar-refractivity contribution in [1.82, 2.24) is 9.88 Å². The van der Waals surface area contributed by atoms with Gasteiger partial charge in [-0.2, -0.15) is 26.3 Å². The Hall–Kier alpha value is -4.08. The fraction of sp³-hybridized carbons (Fsp3) is 0.185. The minimum Gasteiger partial charge on any atom is -0.372 e. The Kier molecular flexibility index (Phi) is 6.86. The number of carbonyl (C=O) groups excluding carboxylic acids is 1. The fourth-order valence-electron chi connectivity index (χ4n) is 4.15. The lowest BCUT2D eigenvalue weighted by atomic mass is 9.94. The van der Waals surface area contributed by atoms with Crippen LogP contribution in [0.25, 0.3) is 22.0 Å². The highest BCUT2D eigenvalue weighted by atomic mass is 19.4. The Balaban J connectivity index is 1.83. The second-order valence-electron chi connectivity index (χ2n) is 8.42. The number of rotatable bonds is 5. The number of carbonyl (C=O) groups is 1. The molecular weight excluding hydrogens is 496 g/mol. The van der Waals surface area contributed by atoms with Crippen molar-refractivity contribution in [2.45, 2.75) is 18.9 Å². The molecule has 0 unspecified atom stereocenters. The van der Waals surface area contributed by atoms with E-state index in [2.05, 4.69) is 10.3 Å². The molecule has 0 saturated carbocycles. The van der Waals surface area contributed by atoms with Gasteiger partial charge in [0.05, 0.1) is 22.2 Å². The number of pyridine rings is 1. The summed E-state index contributed by atoms with van der Waals surface area (Å²) in [7, 11) is 2.89. The third-order valence-corrected chi connectivity index (χ3v) is 5.82. The van der Waals surface area contributed by atoms with Crippen LogP contribution >= 0.6 is 0 Å². The highest BCUT2D eigenvalue weighted by molar-refractivity contribution is 6.12. The summed E-state index contributed by atoms with van der Waals surface area (Å²) in [5.41, 5.74) is -1.17. The summed E-state index contributed by atoms with van der Waals surface area (Å²) in [5.74, 6) is -0.387. The monoisotopic (exact) mass is 517 g/mol. The highest BCUT2D eigenvalue weighted by Gasteiger charge is 2.37. The van der Waals surface area contributed by atoms with Gasteiger partial charge < -0.3 is 10.2 Å². The van der Waals surface area contributed by atoms with Gasteiger partial charge in [0.1, 0.15) is 5.82 Å². The Morgan fingerprint density at radius 1 is 0.865 bits per heavy atom. The van der Waals surface area contributed by atoms with Crippen LogP contribution in [0.15, 0.2) is 72.8 Å². The van der Waals surface area contributed by atoms with E-state index in [0.29, 0.717) is 34.2 Å². The van der Waals surface area contributed by atoms with Crippen molar-refractivity contribution in [3.05, 3.63) is 95.1 Å². The van der Waals surface area contributed by atoms with Crippen molar-refractivity contribution in [1.29, 1.82) is 0 Å². The zero-order valence-electron chi connectivity index (χ0n) is 19.7. The summed E-state index contributed by atoms with van der Waals surface area (Å²) >= 11 is 0. The number of aromatic nitrogens is 1. The largest absolute Gasteiger partial charge is 0.416 e. The molecular formula is C27H21F6N3O. The van der Waals surface area contributed by atoms with E-state index < -0.39 is 35.9 Å². The summed E-state index contributed by atoms with van der Waals surface area (Å²) in [5, 5.41) is 3.57. The minimum atomic E-state index is -4.99. The first-order valence-corrected chi connectivity index (χ1v) is 11.1. The first-order chi connectivity index (χ1) is 17.4. The third-order valence-electron chi connectivity index (χ3n) is 5.82. The van der Waals surface area contributed by atoms with E-state index in [4.69, 9.17) is 0 Å². The van der Waals surface area contributed by atoms with Crippen molar-refractivity contribution < 1.29 is 31.1 Å². The molecule has 3 aromatic carbocycles. The van der Waals surface area contributed by atoms with Crippen LogP contribution in [0.5, 0.6) is 0 Å². The van der Waals surface area contributed by atoms with Gasteiger partial charge in [0.25, 0.3) is 5.91 Å². The van der Waals surface area contributed by atoms with Crippen LogP contribution in [-0.4, -0.2) is 29.9 Å². The molecule has 4 rings (SSSR count). The van der Waals surface area contributed by atoms with Crippen molar-refractivity contribution in [2.24, 2.45) is 0 Å². The van der Waals surface area contributed by atoms with Gasteiger partial charge in [0.15, 0.2) is 0 Å². The van der Waals surface area contributed by atoms with Gasteiger partial charge in [-0.15, -0.1) is 0 Å². The van der Waals surface area contributed by atoms with Crippen LogP contribution in [0.1, 0.15) is 27.0 Å². The number of hydrogen-bond acceptors (Lipinski definition) is 3. The van der Waals surface area contributed by atoms with E-state index in [1.807, 2.05) is 6.07 Å². The van der Waals surface area contributed by atoms with Crippen LogP contribution in [0.3, 0.4) is 0 Å². The van der Waals surface area contributed by atoms with Crippen LogP contribution in [-0.2, 0) is 18.9 Å². The van der Waals surface area contributed by atoms with Crippen LogP contribution in [0.2, 0.25) is 0 Å². The minimum absolute atomic E-state index is 0.0607. The molecule has 0 atom stereocenters. The molecule has 0 bridgehead atoms. The van der Waals surface area contributed by atoms with Gasteiger partial charge in [-0.05, 0) is 35.4 Å². The van der Waals surface area contributed by atoms with Gasteiger partial charge in [0, 0.05) is 31.6 Å². The number of para-hydroxylation sites is 1. The number of amides is 1. The normalized spacial score (nSPS) is 12.0. The van der Waals surface area contributed by atoms with E-state index >= 15 is 0 Å². The lowest BCUT2D eigenvalue weighted by molar-refractivity contribution is -0.143. The Labute approximate surface area is 208 Å². The van der Waals surface area contributed by atoms with E-state index in [1.165, 1.54) is 7.05 Å². The van der Waals surface area contributed by atoms with E-state index in [1.54, 1.807) is 55.6 Å². The van der Waals surface area contributed by atoms with Crippen LogP contribution < -0.4 is 5.32 Å². The second kappa shape index (κ2) is 9.76. The van der Waals surface area contributed by atoms with Crippen LogP contribution in [0.4, 0.5) is 32.2 Å². The molecule has 4 nitrogen and oxygen atoms in total. The molecule has 192 valence electrons. The Bertz CT molecular complexity index is 1420. The Morgan fingerprint density at radius 3 is 2.00 bits per heavy atom. The Morgan fingerprint density at radius 2 is 1.43 bits per heavy atom. The summed E-state index contributed by atoms with van der Waals surface area (Å²) in [6, 6.07) is 17.5. The average molecular weight is 517 g/mol. The van der Waals surface area contributed by atoms with Gasteiger partial charge in [0.2, 0.25) is 0 Å². The SMILES string of the molecule is CNc1nc2ccccc2c(-c2ccccc2)c1C(=O)N(C)Cc1cc(C(F)(F)F)cc(C(F)(F)F)c1. The molecule has 1 N–H and O–H groups in total. The molecule has 0 spiro atoms. The van der Waals surface area contributed by atoms with Gasteiger partial charge in [-0.3, -0.25) is 4.79 Å². The standard InChI is InChI=1S/C27H21F6N3O/c1-34-24-23(22(17-8-4-3-5-9-17)20-10-6-7-11-21(20)35-24)25(37)36(2)15-16-12-18(26(28,29)30)14-19(13-16)27(31,32)33/h3-14H,15H2,1-2H3,(H,34,35). The molecule has 0 radical (unpaired) electrons. The fourth-order valence-corrected chi connectivity index (χ4v) is 4.15. The second-order valence-corrected chi connectivity index (χ2v) is 8.42. The van der Waals surface area contributed by atoms with Crippen molar-refractivity contribution >= 4 is 22.6 Å². The van der Waals surface area contributed by atoms with Gasteiger partial charge in [-0.1, -0.05) is 48.5 Å². The quantitative estimate of drug-likeness (QED) is 0.284. The molecule has 1 aromatic heterocycles. The maximum Gasteiger partial charge on any atom is 0.416 e. The molecule has 0 saturated heterocycles. The summed E-state index contributed by atoms with van der Waals surface area (Å²) in [6.45, 7) is -0.490. The summed E-state index contributed by atoms with van der Waals surface area (Å²) < 4.78 is 79.9. The first kappa shape index (κ1) is 26.0. The molecule has 0 fully saturated rings. The number of hydrogen-bond donors (Lipinski definition) is 1. The first-order valence-electron chi connectivity index (χ1n) is 11.1. The molecule has 0 aliphatic rings. The summed E-state index contributed by atoms with van der Waals surface area (Å²) in [6.07, 6.45) is -9.97. The molecule has 1 amide bonds. The topological polar surface area (TPSA) is 45.2 Å². The maximum absolute atomic E-state index is 13.7. The predicted octanol–water partition coefficient (Wildman–Crippen LogP) is 7.25. The third kappa shape index (κ3) is 5.37. The molecule has 37 heavy (non-hydrogen) atoms. The average Bonchev–Trinajstić information content (AvgIpc) is 2.86. The van der Waals surface area contributed by atoms with Crippen molar-refractivity contribution in [2.75, 3.05) is 19.4 Å². The molecule has 1 heterocycles. The lowest BCUT2D eigenvalue weighted by Crippen LogP contribution is -2.28. The van der Waals surface area contributed by atoms with Crippen LogP contribution in [0, 0.1) is 0 Å². The molecule has 0 aliphatic carbocycles. The number of nitrogens with zero attached hydrogens (tertiary/aromatic N) is 2. The van der Waals surface area contributed by atoms with E-state index in [0.717, 1.165) is 4.90 Å². The zero-order chi connectivity index (χ0) is 27.0.